The molecule has 0 aromatic heterocycles. The minimum absolute atomic E-state index is 0.212. The Balaban J connectivity index is 3.53. The van der Waals surface area contributed by atoms with Gasteiger partial charge in [-0.25, -0.2) is 5.11 Å². The van der Waals surface area contributed by atoms with Crippen molar-refractivity contribution in [1.82, 2.24) is 0 Å². The molecule has 0 spiro atoms. The first-order valence-corrected chi connectivity index (χ1v) is 5.63. The van der Waals surface area contributed by atoms with Gasteiger partial charge in [-0.1, -0.05) is 24.3 Å². The third kappa shape index (κ3) is 2.64. The standard InChI is InChI=1S/C12H8F9O/c1-6(22)7-4-2-3-5-8(7)9(13,14)10(15,16)11(17,18)12(19,20)21/h2-6H,1H3. The molecule has 1 rings (SSSR count). The predicted molar refractivity (Wildman–Crippen MR) is 55.4 cm³/mol. The molecule has 0 aliphatic heterocycles. The second-order valence-corrected chi connectivity index (χ2v) is 4.45. The first kappa shape index (κ1) is 18.6. The number of alkyl halides is 9. The first-order valence-electron chi connectivity index (χ1n) is 5.63. The molecular weight excluding hydrogens is 331 g/mol. The van der Waals surface area contributed by atoms with Crippen LogP contribution in [0.25, 0.3) is 0 Å². The molecule has 0 saturated heterocycles. The van der Waals surface area contributed by atoms with Crippen molar-refractivity contribution in [2.24, 2.45) is 0 Å². The van der Waals surface area contributed by atoms with Gasteiger partial charge in [-0.2, -0.15) is 39.5 Å². The van der Waals surface area contributed by atoms with Gasteiger partial charge in [-0.05, 0) is 12.5 Å². The van der Waals surface area contributed by atoms with Gasteiger partial charge in [-0.3, -0.25) is 0 Å². The van der Waals surface area contributed by atoms with Gasteiger partial charge in [0.05, 0.1) is 0 Å². The van der Waals surface area contributed by atoms with E-state index in [2.05, 4.69) is 0 Å². The highest BCUT2D eigenvalue weighted by molar-refractivity contribution is 5.34. The summed E-state index contributed by atoms with van der Waals surface area (Å²) in [6.07, 6.45) is -8.92. The van der Waals surface area contributed by atoms with Gasteiger partial charge in [0.25, 0.3) is 0 Å². The maximum Gasteiger partial charge on any atom is 0.460 e. The Hall–Kier alpha value is -1.45. The molecule has 1 nitrogen and oxygen atoms in total. The summed E-state index contributed by atoms with van der Waals surface area (Å²) in [6.45, 7) is 0.759. The van der Waals surface area contributed by atoms with Gasteiger partial charge in [0.1, 0.15) is 6.10 Å². The molecule has 125 valence electrons. The van der Waals surface area contributed by atoms with Crippen LogP contribution in [0.3, 0.4) is 0 Å². The molecule has 0 saturated carbocycles. The number of halogens is 9. The van der Waals surface area contributed by atoms with Crippen molar-refractivity contribution in [1.29, 1.82) is 0 Å². The number of benzene rings is 1. The number of hydrogen-bond donors (Lipinski definition) is 0. The number of hydrogen-bond acceptors (Lipinski definition) is 0. The monoisotopic (exact) mass is 339 g/mol. The molecule has 0 heterocycles. The van der Waals surface area contributed by atoms with Gasteiger partial charge in [-0.15, -0.1) is 0 Å². The molecule has 0 aliphatic carbocycles. The summed E-state index contributed by atoms with van der Waals surface area (Å²) < 4.78 is 116. The molecule has 1 radical (unpaired) electrons. The van der Waals surface area contributed by atoms with Crippen molar-refractivity contribution in [2.45, 2.75) is 37.0 Å². The fraction of sp³-hybridized carbons (Fsp3) is 0.500. The summed E-state index contributed by atoms with van der Waals surface area (Å²) in [7, 11) is 0. The average Bonchev–Trinajstić information content (AvgIpc) is 2.36. The van der Waals surface area contributed by atoms with E-state index in [0.29, 0.717) is 6.07 Å². The lowest BCUT2D eigenvalue weighted by Crippen LogP contribution is -2.59. The van der Waals surface area contributed by atoms with Crippen molar-refractivity contribution >= 4 is 0 Å². The molecule has 1 unspecified atom stereocenters. The quantitative estimate of drug-likeness (QED) is 0.680. The highest BCUT2D eigenvalue weighted by Gasteiger charge is 2.82. The number of rotatable bonds is 4. The fourth-order valence-electron chi connectivity index (χ4n) is 1.68. The van der Waals surface area contributed by atoms with Crippen molar-refractivity contribution in [3.05, 3.63) is 35.4 Å². The zero-order chi connectivity index (χ0) is 17.6. The molecule has 1 atom stereocenters. The van der Waals surface area contributed by atoms with Crippen LogP contribution in [-0.2, 0) is 11.0 Å². The van der Waals surface area contributed by atoms with Crippen LogP contribution < -0.4 is 0 Å². The lowest BCUT2D eigenvalue weighted by atomic mass is 9.91. The topological polar surface area (TPSA) is 19.9 Å². The third-order valence-electron chi connectivity index (χ3n) is 2.88. The van der Waals surface area contributed by atoms with E-state index in [4.69, 9.17) is 0 Å². The van der Waals surface area contributed by atoms with E-state index in [0.717, 1.165) is 19.1 Å². The van der Waals surface area contributed by atoms with Gasteiger partial charge in [0.2, 0.25) is 0 Å². The summed E-state index contributed by atoms with van der Waals surface area (Å²) >= 11 is 0. The predicted octanol–water partition coefficient (Wildman–Crippen LogP) is 5.10. The molecule has 22 heavy (non-hydrogen) atoms. The van der Waals surface area contributed by atoms with Crippen molar-refractivity contribution < 1.29 is 44.6 Å². The van der Waals surface area contributed by atoms with Crippen LogP contribution in [-0.4, -0.2) is 18.0 Å². The van der Waals surface area contributed by atoms with E-state index in [1.807, 2.05) is 0 Å². The van der Waals surface area contributed by atoms with Crippen LogP contribution in [0.15, 0.2) is 24.3 Å². The second kappa shape index (κ2) is 5.32. The fourth-order valence-corrected chi connectivity index (χ4v) is 1.68. The molecule has 1 aromatic carbocycles. The Labute approximate surface area is 118 Å². The van der Waals surface area contributed by atoms with E-state index >= 15 is 0 Å². The average molecular weight is 339 g/mol. The van der Waals surface area contributed by atoms with Crippen LogP contribution in [0.5, 0.6) is 0 Å². The Bertz CT molecular complexity index is 534. The summed E-state index contributed by atoms with van der Waals surface area (Å²) in [5.74, 6) is -19.7. The lowest BCUT2D eigenvalue weighted by Gasteiger charge is -2.34. The SMILES string of the molecule is CC([O])c1ccccc1C(F)(F)C(F)(F)C(F)(F)C(F)(F)F. The second-order valence-electron chi connectivity index (χ2n) is 4.45. The lowest BCUT2D eigenvalue weighted by molar-refractivity contribution is -0.399. The Morgan fingerprint density at radius 2 is 1.27 bits per heavy atom. The molecule has 0 aliphatic rings. The molecule has 0 fully saturated rings. The molecule has 0 amide bonds. The zero-order valence-corrected chi connectivity index (χ0v) is 10.7. The summed E-state index contributed by atoms with van der Waals surface area (Å²) in [5, 5.41) is 11.2. The minimum Gasteiger partial charge on any atom is -0.228 e. The van der Waals surface area contributed by atoms with Crippen molar-refractivity contribution in [3.63, 3.8) is 0 Å². The zero-order valence-electron chi connectivity index (χ0n) is 10.7. The summed E-state index contributed by atoms with van der Waals surface area (Å²) in [5.41, 5.74) is -2.86. The third-order valence-corrected chi connectivity index (χ3v) is 2.88. The van der Waals surface area contributed by atoms with Crippen LogP contribution in [0.1, 0.15) is 24.2 Å². The van der Waals surface area contributed by atoms with E-state index in [9.17, 15) is 44.6 Å². The Morgan fingerprint density at radius 3 is 1.68 bits per heavy atom. The van der Waals surface area contributed by atoms with E-state index in [1.165, 1.54) is 0 Å². The van der Waals surface area contributed by atoms with Crippen LogP contribution in [0.2, 0.25) is 0 Å². The van der Waals surface area contributed by atoms with Crippen molar-refractivity contribution in [3.8, 4) is 0 Å². The highest BCUT2D eigenvalue weighted by atomic mass is 19.4. The van der Waals surface area contributed by atoms with E-state index in [1.54, 1.807) is 0 Å². The summed E-state index contributed by atoms with van der Waals surface area (Å²) in [6, 6.07) is 2.58. The molecule has 0 N–H and O–H groups in total. The van der Waals surface area contributed by atoms with Crippen molar-refractivity contribution in [2.75, 3.05) is 0 Å². The first-order chi connectivity index (χ1) is 9.68. The Kier molecular flexibility index (Phi) is 4.50. The Morgan fingerprint density at radius 1 is 0.818 bits per heavy atom. The summed E-state index contributed by atoms with van der Waals surface area (Å²) in [4.78, 5) is 0. The van der Waals surface area contributed by atoms with Crippen LogP contribution >= 0.6 is 0 Å². The van der Waals surface area contributed by atoms with Crippen LogP contribution in [0.4, 0.5) is 39.5 Å². The normalized spacial score (nSPS) is 15.8. The maximum atomic E-state index is 13.7. The van der Waals surface area contributed by atoms with Crippen LogP contribution in [0, 0.1) is 0 Å². The van der Waals surface area contributed by atoms with E-state index < -0.39 is 41.2 Å². The highest BCUT2D eigenvalue weighted by Crippen LogP contribution is 2.57. The molecule has 1 aromatic rings. The van der Waals surface area contributed by atoms with Gasteiger partial charge >= 0.3 is 23.9 Å². The van der Waals surface area contributed by atoms with Gasteiger partial charge < -0.3 is 0 Å². The molecule has 0 bridgehead atoms. The molecule has 10 heteroatoms. The van der Waals surface area contributed by atoms with Gasteiger partial charge in [0, 0.05) is 5.56 Å². The van der Waals surface area contributed by atoms with Gasteiger partial charge in [0.15, 0.2) is 0 Å². The molecular formula is C12H8F9O. The minimum atomic E-state index is -6.98. The maximum absolute atomic E-state index is 13.7. The smallest absolute Gasteiger partial charge is 0.228 e. The largest absolute Gasteiger partial charge is 0.460 e. The van der Waals surface area contributed by atoms with E-state index in [-0.39, 0.29) is 6.07 Å².